The van der Waals surface area contributed by atoms with Gasteiger partial charge in [-0.1, -0.05) is 6.92 Å². The Morgan fingerprint density at radius 1 is 1.11 bits per heavy atom. The molecule has 9 heteroatoms. The first-order valence-corrected chi connectivity index (χ1v) is 6.11. The van der Waals surface area contributed by atoms with E-state index < -0.39 is 12.2 Å². The zero-order valence-electron chi connectivity index (χ0n) is 10.7. The molecule has 1 unspecified atom stereocenters. The number of anilines is 2. The number of nitrogens with one attached hydrogen (secondary N) is 2. The van der Waals surface area contributed by atoms with Crippen LogP contribution in [0.15, 0.2) is 0 Å². The van der Waals surface area contributed by atoms with Crippen molar-refractivity contribution < 1.29 is 13.2 Å². The molecule has 0 radical (unpaired) electrons. The molecule has 1 rings (SSSR count). The molecule has 0 aliphatic rings. The van der Waals surface area contributed by atoms with E-state index in [4.69, 9.17) is 11.6 Å². The highest BCUT2D eigenvalue weighted by Gasteiger charge is 2.38. The van der Waals surface area contributed by atoms with Gasteiger partial charge in [0.25, 0.3) is 0 Å². The van der Waals surface area contributed by atoms with Crippen LogP contribution < -0.4 is 10.6 Å². The fourth-order valence-corrected chi connectivity index (χ4v) is 1.47. The van der Waals surface area contributed by atoms with E-state index in [9.17, 15) is 13.2 Å². The van der Waals surface area contributed by atoms with Crippen LogP contribution >= 0.6 is 11.6 Å². The minimum atomic E-state index is -4.38. The predicted molar refractivity (Wildman–Crippen MR) is 67.4 cm³/mol. The van der Waals surface area contributed by atoms with Crippen molar-refractivity contribution in [1.29, 1.82) is 0 Å². The number of halogens is 4. The largest absolute Gasteiger partial charge is 0.408 e. The number of alkyl halides is 3. The van der Waals surface area contributed by atoms with Crippen LogP contribution in [0.5, 0.6) is 0 Å². The highest BCUT2D eigenvalue weighted by atomic mass is 35.5. The van der Waals surface area contributed by atoms with Crippen LogP contribution in [0.25, 0.3) is 0 Å². The van der Waals surface area contributed by atoms with E-state index in [-0.39, 0.29) is 29.6 Å². The minimum absolute atomic E-state index is 0.0240. The molecule has 0 saturated carbocycles. The zero-order valence-corrected chi connectivity index (χ0v) is 11.5. The highest BCUT2D eigenvalue weighted by Crippen LogP contribution is 2.25. The third-order valence-electron chi connectivity index (χ3n) is 2.13. The van der Waals surface area contributed by atoms with Crippen LogP contribution in [0.4, 0.5) is 25.1 Å². The first kappa shape index (κ1) is 15.7. The van der Waals surface area contributed by atoms with Crippen LogP contribution in [-0.2, 0) is 0 Å². The molecule has 108 valence electrons. The molecule has 0 fully saturated rings. The summed E-state index contributed by atoms with van der Waals surface area (Å²) in [6.45, 7) is 5.10. The normalized spacial score (nSPS) is 13.5. The molecule has 1 aromatic heterocycles. The fourth-order valence-electron chi connectivity index (χ4n) is 1.31. The van der Waals surface area contributed by atoms with Gasteiger partial charge >= 0.3 is 6.18 Å². The Hall–Kier alpha value is -1.31. The summed E-state index contributed by atoms with van der Waals surface area (Å²) in [5.74, 6) is -0.0677. The number of rotatable bonds is 5. The van der Waals surface area contributed by atoms with E-state index in [2.05, 4.69) is 25.6 Å². The number of nitrogens with zero attached hydrogens (tertiary/aromatic N) is 3. The molecule has 0 bridgehead atoms. The molecule has 1 aromatic rings. The summed E-state index contributed by atoms with van der Waals surface area (Å²) in [5, 5.41) is 4.89. The van der Waals surface area contributed by atoms with Crippen molar-refractivity contribution >= 4 is 23.5 Å². The zero-order chi connectivity index (χ0) is 14.6. The molecule has 19 heavy (non-hydrogen) atoms. The van der Waals surface area contributed by atoms with Gasteiger partial charge < -0.3 is 10.6 Å². The predicted octanol–water partition coefficient (Wildman–Crippen LogP) is 3.10. The topological polar surface area (TPSA) is 62.7 Å². The summed E-state index contributed by atoms with van der Waals surface area (Å²) in [5.41, 5.74) is 0. The molecule has 0 amide bonds. The second-order valence-electron chi connectivity index (χ2n) is 4.20. The third-order valence-corrected chi connectivity index (χ3v) is 2.30. The van der Waals surface area contributed by atoms with Crippen LogP contribution in [-0.4, -0.2) is 33.2 Å². The van der Waals surface area contributed by atoms with Crippen molar-refractivity contribution in [3.63, 3.8) is 0 Å². The van der Waals surface area contributed by atoms with Crippen molar-refractivity contribution in [2.24, 2.45) is 0 Å². The van der Waals surface area contributed by atoms with Crippen molar-refractivity contribution in [1.82, 2.24) is 15.0 Å². The molecule has 2 N–H and O–H groups in total. The second kappa shape index (κ2) is 6.23. The molecule has 1 heterocycles. The lowest BCUT2D eigenvalue weighted by molar-refractivity contribution is -0.143. The summed E-state index contributed by atoms with van der Waals surface area (Å²) in [6, 6.07) is -1.70. The lowest BCUT2D eigenvalue weighted by Crippen LogP contribution is -2.36. The smallest absolute Gasteiger partial charge is 0.352 e. The standard InChI is InChI=1S/C10H15ClF3N5/c1-4-6(10(12,13)14)16-9-18-7(11)17-8(19-9)15-5(2)3/h5-6H,4H2,1-3H3,(H2,15,16,17,18,19). The van der Waals surface area contributed by atoms with Gasteiger partial charge in [-0.05, 0) is 31.9 Å². The van der Waals surface area contributed by atoms with E-state index in [1.54, 1.807) is 0 Å². The van der Waals surface area contributed by atoms with Crippen LogP contribution in [0, 0.1) is 0 Å². The van der Waals surface area contributed by atoms with Gasteiger partial charge in [0.2, 0.25) is 17.2 Å². The van der Waals surface area contributed by atoms with Crippen molar-refractivity contribution in [2.75, 3.05) is 10.6 Å². The molecular formula is C10H15ClF3N5. The van der Waals surface area contributed by atoms with Crippen LogP contribution in [0.3, 0.4) is 0 Å². The summed E-state index contributed by atoms with van der Waals surface area (Å²) in [6.07, 6.45) is -4.51. The lowest BCUT2D eigenvalue weighted by atomic mass is 10.2. The van der Waals surface area contributed by atoms with Gasteiger partial charge in [0, 0.05) is 6.04 Å². The monoisotopic (exact) mass is 297 g/mol. The van der Waals surface area contributed by atoms with E-state index in [1.165, 1.54) is 6.92 Å². The maximum Gasteiger partial charge on any atom is 0.408 e. The number of hydrogen-bond acceptors (Lipinski definition) is 5. The molecule has 0 aliphatic carbocycles. The maximum absolute atomic E-state index is 12.6. The van der Waals surface area contributed by atoms with Crippen molar-refractivity contribution in [2.45, 2.75) is 45.5 Å². The number of hydrogen-bond donors (Lipinski definition) is 2. The van der Waals surface area contributed by atoms with Crippen molar-refractivity contribution in [3.8, 4) is 0 Å². The summed E-state index contributed by atoms with van der Waals surface area (Å²) in [7, 11) is 0. The van der Waals surface area contributed by atoms with Gasteiger partial charge in [0.1, 0.15) is 6.04 Å². The van der Waals surface area contributed by atoms with Gasteiger partial charge in [0.05, 0.1) is 0 Å². The van der Waals surface area contributed by atoms with E-state index in [0.29, 0.717) is 0 Å². The van der Waals surface area contributed by atoms with E-state index in [0.717, 1.165) is 0 Å². The Labute approximate surface area is 114 Å². The second-order valence-corrected chi connectivity index (χ2v) is 4.54. The van der Waals surface area contributed by atoms with Crippen LogP contribution in [0.2, 0.25) is 5.28 Å². The minimum Gasteiger partial charge on any atom is -0.352 e. The van der Waals surface area contributed by atoms with E-state index in [1.807, 2.05) is 13.8 Å². The Kier molecular flexibility index (Phi) is 5.16. The van der Waals surface area contributed by atoms with E-state index >= 15 is 0 Å². The molecule has 0 aliphatic heterocycles. The first-order chi connectivity index (χ1) is 8.72. The molecule has 0 saturated heterocycles. The third kappa shape index (κ3) is 5.06. The van der Waals surface area contributed by atoms with Gasteiger partial charge in [0.15, 0.2) is 0 Å². The number of aromatic nitrogens is 3. The molecule has 5 nitrogen and oxygen atoms in total. The molecule has 1 atom stereocenters. The lowest BCUT2D eigenvalue weighted by Gasteiger charge is -2.20. The summed E-state index contributed by atoms with van der Waals surface area (Å²) in [4.78, 5) is 11.3. The van der Waals surface area contributed by atoms with Gasteiger partial charge in [-0.25, -0.2) is 0 Å². The van der Waals surface area contributed by atoms with Crippen LogP contribution in [0.1, 0.15) is 27.2 Å². The Morgan fingerprint density at radius 2 is 1.63 bits per heavy atom. The SMILES string of the molecule is CCC(Nc1nc(Cl)nc(NC(C)C)n1)C(F)(F)F. The Morgan fingerprint density at radius 3 is 2.05 bits per heavy atom. The fraction of sp³-hybridized carbons (Fsp3) is 0.700. The summed E-state index contributed by atoms with van der Waals surface area (Å²) >= 11 is 5.65. The average molecular weight is 298 g/mol. The highest BCUT2D eigenvalue weighted by molar-refractivity contribution is 6.28. The Bertz CT molecular complexity index is 424. The quantitative estimate of drug-likeness (QED) is 0.874. The Balaban J connectivity index is 2.91. The average Bonchev–Trinajstić information content (AvgIpc) is 2.22. The molecule has 0 aromatic carbocycles. The van der Waals surface area contributed by atoms with Crippen molar-refractivity contribution in [3.05, 3.63) is 5.28 Å². The molecular weight excluding hydrogens is 283 g/mol. The van der Waals surface area contributed by atoms with Gasteiger partial charge in [-0.3, -0.25) is 0 Å². The van der Waals surface area contributed by atoms with Gasteiger partial charge in [-0.2, -0.15) is 28.1 Å². The molecule has 0 spiro atoms. The maximum atomic E-state index is 12.6. The van der Waals surface area contributed by atoms with Gasteiger partial charge in [-0.15, -0.1) is 0 Å². The first-order valence-electron chi connectivity index (χ1n) is 5.73. The summed E-state index contributed by atoms with van der Waals surface area (Å²) < 4.78 is 37.9.